The third-order valence-electron chi connectivity index (χ3n) is 3.21. The number of aliphatic carboxylic acids is 2. The summed E-state index contributed by atoms with van der Waals surface area (Å²) < 4.78 is 0. The highest BCUT2D eigenvalue weighted by molar-refractivity contribution is 5.89. The monoisotopic (exact) mass is 260 g/mol. The van der Waals surface area contributed by atoms with E-state index in [1.54, 1.807) is 13.8 Å². The molecule has 1 atom stereocenters. The smallest absolute Gasteiger partial charge is 0.326 e. The molecule has 18 heavy (non-hydrogen) atoms. The van der Waals surface area contributed by atoms with Crippen LogP contribution in [0.1, 0.15) is 33.1 Å². The number of hydrogen-bond acceptors (Lipinski definition) is 4. The van der Waals surface area contributed by atoms with Gasteiger partial charge in [-0.15, -0.1) is 0 Å². The lowest BCUT2D eigenvalue weighted by atomic mass is 9.81. The maximum Gasteiger partial charge on any atom is 0.326 e. The molecule has 0 aliphatic rings. The van der Waals surface area contributed by atoms with E-state index < -0.39 is 35.7 Å². The standard InChI is InChI=1S/C11H20N2O5/c1-3-11(4-2,6-12)10(18)13-7(9(16)17)5-8(14)15/h7H,3-6,12H2,1-2H3,(H,13,18)(H,14,15)(H,16,17). The normalized spacial score (nSPS) is 12.8. The highest BCUT2D eigenvalue weighted by Crippen LogP contribution is 2.25. The zero-order valence-electron chi connectivity index (χ0n) is 10.6. The Bertz CT molecular complexity index is 317. The lowest BCUT2D eigenvalue weighted by Gasteiger charge is -2.29. The molecule has 1 amide bonds. The molecule has 0 saturated carbocycles. The van der Waals surface area contributed by atoms with E-state index in [-0.39, 0.29) is 6.54 Å². The second-order valence-electron chi connectivity index (χ2n) is 4.15. The number of hydrogen-bond donors (Lipinski definition) is 4. The van der Waals surface area contributed by atoms with Gasteiger partial charge in [0, 0.05) is 6.54 Å². The van der Waals surface area contributed by atoms with Gasteiger partial charge in [0.05, 0.1) is 11.8 Å². The zero-order valence-corrected chi connectivity index (χ0v) is 10.6. The van der Waals surface area contributed by atoms with Gasteiger partial charge < -0.3 is 21.3 Å². The molecular formula is C11H20N2O5. The molecule has 0 bridgehead atoms. The molecule has 0 aromatic rings. The van der Waals surface area contributed by atoms with Crippen LogP contribution in [0.25, 0.3) is 0 Å². The van der Waals surface area contributed by atoms with Crippen LogP contribution in [0.3, 0.4) is 0 Å². The van der Waals surface area contributed by atoms with Crippen LogP contribution < -0.4 is 11.1 Å². The minimum Gasteiger partial charge on any atom is -0.481 e. The predicted octanol–water partition coefficient (Wildman–Crippen LogP) is -0.204. The minimum atomic E-state index is -1.43. The molecule has 104 valence electrons. The van der Waals surface area contributed by atoms with Crippen LogP contribution >= 0.6 is 0 Å². The molecule has 0 aromatic heterocycles. The fraction of sp³-hybridized carbons (Fsp3) is 0.727. The van der Waals surface area contributed by atoms with Crippen molar-refractivity contribution in [1.82, 2.24) is 5.32 Å². The van der Waals surface area contributed by atoms with Crippen LogP contribution in [-0.2, 0) is 14.4 Å². The number of rotatable bonds is 8. The van der Waals surface area contributed by atoms with E-state index in [1.165, 1.54) is 0 Å². The van der Waals surface area contributed by atoms with Gasteiger partial charge in [-0.2, -0.15) is 0 Å². The van der Waals surface area contributed by atoms with E-state index in [9.17, 15) is 14.4 Å². The highest BCUT2D eigenvalue weighted by atomic mass is 16.4. The Hall–Kier alpha value is -1.63. The zero-order chi connectivity index (χ0) is 14.3. The van der Waals surface area contributed by atoms with Crippen molar-refractivity contribution in [3.8, 4) is 0 Å². The molecule has 0 aliphatic heterocycles. The third kappa shape index (κ3) is 3.99. The summed E-state index contributed by atoms with van der Waals surface area (Å²) in [7, 11) is 0. The van der Waals surface area contributed by atoms with Crippen molar-refractivity contribution in [1.29, 1.82) is 0 Å². The van der Waals surface area contributed by atoms with Crippen molar-refractivity contribution >= 4 is 17.8 Å². The topological polar surface area (TPSA) is 130 Å². The lowest BCUT2D eigenvalue weighted by molar-refractivity contribution is -0.148. The largest absolute Gasteiger partial charge is 0.481 e. The van der Waals surface area contributed by atoms with Gasteiger partial charge in [0.1, 0.15) is 6.04 Å². The Morgan fingerprint density at radius 1 is 1.22 bits per heavy atom. The average Bonchev–Trinajstić information content (AvgIpc) is 2.30. The summed E-state index contributed by atoms with van der Waals surface area (Å²) in [5.41, 5.74) is 4.72. The molecule has 0 spiro atoms. The molecule has 7 heteroatoms. The van der Waals surface area contributed by atoms with Crippen LogP contribution in [-0.4, -0.2) is 40.6 Å². The van der Waals surface area contributed by atoms with Gasteiger partial charge in [-0.25, -0.2) is 4.79 Å². The summed E-state index contributed by atoms with van der Waals surface area (Å²) in [6.07, 6.45) is 0.269. The second kappa shape index (κ2) is 6.95. The first-order chi connectivity index (χ1) is 8.32. The molecule has 0 radical (unpaired) electrons. The first kappa shape index (κ1) is 16.4. The van der Waals surface area contributed by atoms with Crippen LogP contribution in [0.15, 0.2) is 0 Å². The van der Waals surface area contributed by atoms with Gasteiger partial charge in [-0.1, -0.05) is 13.8 Å². The van der Waals surface area contributed by atoms with Gasteiger partial charge in [-0.3, -0.25) is 9.59 Å². The van der Waals surface area contributed by atoms with Crippen molar-refractivity contribution in [2.75, 3.05) is 6.54 Å². The van der Waals surface area contributed by atoms with Crippen LogP contribution in [0.2, 0.25) is 0 Å². The second-order valence-corrected chi connectivity index (χ2v) is 4.15. The van der Waals surface area contributed by atoms with Crippen LogP contribution in [0.5, 0.6) is 0 Å². The van der Waals surface area contributed by atoms with E-state index in [4.69, 9.17) is 15.9 Å². The van der Waals surface area contributed by atoms with Crippen molar-refractivity contribution in [3.05, 3.63) is 0 Å². The lowest BCUT2D eigenvalue weighted by Crippen LogP contribution is -2.51. The fourth-order valence-corrected chi connectivity index (χ4v) is 1.64. The number of carboxylic acid groups (broad SMARTS) is 2. The number of carbonyl (C=O) groups excluding carboxylic acids is 1. The fourth-order valence-electron chi connectivity index (χ4n) is 1.64. The number of amides is 1. The maximum absolute atomic E-state index is 12.0. The van der Waals surface area contributed by atoms with E-state index in [2.05, 4.69) is 5.32 Å². The minimum absolute atomic E-state index is 0.0885. The molecule has 1 unspecified atom stereocenters. The molecule has 5 N–H and O–H groups in total. The van der Waals surface area contributed by atoms with Crippen molar-refractivity contribution in [2.24, 2.45) is 11.1 Å². The summed E-state index contributed by atoms with van der Waals surface area (Å²) in [6.45, 7) is 3.65. The first-order valence-corrected chi connectivity index (χ1v) is 5.78. The van der Waals surface area contributed by atoms with Gasteiger partial charge in [-0.05, 0) is 12.8 Å². The number of carboxylic acids is 2. The first-order valence-electron chi connectivity index (χ1n) is 5.78. The Kier molecular flexibility index (Phi) is 6.32. The maximum atomic E-state index is 12.0. The van der Waals surface area contributed by atoms with Gasteiger partial charge >= 0.3 is 11.9 Å². The summed E-state index contributed by atoms with van der Waals surface area (Å²) in [6, 6.07) is -1.43. The van der Waals surface area contributed by atoms with E-state index in [1.807, 2.05) is 0 Å². The summed E-state index contributed by atoms with van der Waals surface area (Å²) in [5, 5.41) is 19.7. The number of nitrogens with two attached hydrogens (primary N) is 1. The molecular weight excluding hydrogens is 240 g/mol. The third-order valence-corrected chi connectivity index (χ3v) is 3.21. The quantitative estimate of drug-likeness (QED) is 0.478. The van der Waals surface area contributed by atoms with Crippen molar-refractivity contribution in [2.45, 2.75) is 39.2 Å². The Morgan fingerprint density at radius 3 is 2.00 bits per heavy atom. The molecule has 0 fully saturated rings. The van der Waals surface area contributed by atoms with Gasteiger partial charge in [0.2, 0.25) is 5.91 Å². The van der Waals surface area contributed by atoms with Crippen LogP contribution in [0.4, 0.5) is 0 Å². The molecule has 0 rings (SSSR count). The molecule has 0 heterocycles. The highest BCUT2D eigenvalue weighted by Gasteiger charge is 2.36. The Labute approximate surface area is 105 Å². The average molecular weight is 260 g/mol. The van der Waals surface area contributed by atoms with Crippen molar-refractivity contribution in [3.63, 3.8) is 0 Å². The van der Waals surface area contributed by atoms with E-state index in [0.717, 1.165) is 0 Å². The van der Waals surface area contributed by atoms with Crippen molar-refractivity contribution < 1.29 is 24.6 Å². The van der Waals surface area contributed by atoms with E-state index >= 15 is 0 Å². The number of carbonyl (C=O) groups is 3. The summed E-state index contributed by atoms with van der Waals surface area (Å²) >= 11 is 0. The Balaban J connectivity index is 4.87. The summed E-state index contributed by atoms with van der Waals surface area (Å²) in [5.74, 6) is -3.17. The molecule has 0 aromatic carbocycles. The number of nitrogens with one attached hydrogen (secondary N) is 1. The van der Waals surface area contributed by atoms with Gasteiger partial charge in [0.25, 0.3) is 0 Å². The van der Waals surface area contributed by atoms with Crippen LogP contribution in [0, 0.1) is 5.41 Å². The van der Waals surface area contributed by atoms with Gasteiger partial charge in [0.15, 0.2) is 0 Å². The Morgan fingerprint density at radius 2 is 1.72 bits per heavy atom. The van der Waals surface area contributed by atoms with E-state index in [0.29, 0.717) is 12.8 Å². The SMILES string of the molecule is CCC(CC)(CN)C(=O)NC(CC(=O)O)C(=O)O. The molecule has 7 nitrogen and oxygen atoms in total. The summed E-state index contributed by atoms with van der Waals surface area (Å²) in [4.78, 5) is 33.4. The molecule has 0 saturated heterocycles. The predicted molar refractivity (Wildman–Crippen MR) is 63.9 cm³/mol. The molecule has 0 aliphatic carbocycles.